The Bertz CT molecular complexity index is 612. The van der Waals surface area contributed by atoms with E-state index in [1.54, 1.807) is 12.1 Å². The van der Waals surface area contributed by atoms with E-state index in [0.29, 0.717) is 0 Å². The molecule has 1 aromatic carbocycles. The van der Waals surface area contributed by atoms with Gasteiger partial charge in [-0.3, -0.25) is 0 Å². The molecule has 1 N–H and O–H groups in total. The summed E-state index contributed by atoms with van der Waals surface area (Å²) in [6, 6.07) is 5.12. The van der Waals surface area contributed by atoms with Gasteiger partial charge in [0.2, 0.25) is 0 Å². The van der Waals surface area contributed by atoms with Crippen LogP contribution in [-0.2, 0) is 13.5 Å². The molecule has 0 atom stereocenters. The van der Waals surface area contributed by atoms with Crippen molar-refractivity contribution in [1.82, 2.24) is 14.8 Å². The Morgan fingerprint density at radius 3 is 2.75 bits per heavy atom. The number of nitrogens with one attached hydrogen (secondary N) is 1. The maximum atomic E-state index is 13.4. The van der Waals surface area contributed by atoms with Crippen molar-refractivity contribution in [2.75, 3.05) is 32.7 Å². The van der Waals surface area contributed by atoms with Crippen molar-refractivity contribution < 1.29 is 4.39 Å². The van der Waals surface area contributed by atoms with Crippen LogP contribution in [0.2, 0.25) is 0 Å². The second kappa shape index (κ2) is 5.54. The molecule has 0 unspecified atom stereocenters. The molecule has 0 bridgehead atoms. The Morgan fingerprint density at radius 2 is 2.00 bits per heavy atom. The van der Waals surface area contributed by atoms with Gasteiger partial charge in [-0.05, 0) is 37.1 Å². The second-order valence-corrected chi connectivity index (χ2v) is 5.63. The van der Waals surface area contributed by atoms with Gasteiger partial charge in [0.25, 0.3) is 0 Å². The van der Waals surface area contributed by atoms with Gasteiger partial charge in [0.15, 0.2) is 0 Å². The number of benzene rings is 1. The third-order valence-corrected chi connectivity index (χ3v) is 4.47. The summed E-state index contributed by atoms with van der Waals surface area (Å²) in [5, 5.41) is 4.57. The summed E-state index contributed by atoms with van der Waals surface area (Å²) < 4.78 is 15.5. The lowest BCUT2D eigenvalue weighted by Gasteiger charge is -2.27. The van der Waals surface area contributed by atoms with Crippen molar-refractivity contribution in [3.63, 3.8) is 0 Å². The lowest BCUT2D eigenvalue weighted by molar-refractivity contribution is 0.244. The average molecular weight is 275 g/mol. The summed E-state index contributed by atoms with van der Waals surface area (Å²) in [5.41, 5.74) is 3.61. The quantitative estimate of drug-likeness (QED) is 0.925. The van der Waals surface area contributed by atoms with Crippen molar-refractivity contribution in [2.45, 2.75) is 13.3 Å². The third kappa shape index (κ3) is 2.45. The second-order valence-electron chi connectivity index (χ2n) is 5.63. The molecule has 0 radical (unpaired) electrons. The molecule has 2 heterocycles. The van der Waals surface area contributed by atoms with Gasteiger partial charge in [-0.25, -0.2) is 4.39 Å². The first-order valence-corrected chi connectivity index (χ1v) is 7.33. The summed E-state index contributed by atoms with van der Waals surface area (Å²) in [6.07, 6.45) is 1.04. The molecule has 0 saturated carbocycles. The number of aryl methyl sites for hydroxylation is 1. The van der Waals surface area contributed by atoms with E-state index in [4.69, 9.17) is 0 Å². The predicted molar refractivity (Wildman–Crippen MR) is 80.6 cm³/mol. The van der Waals surface area contributed by atoms with Crippen molar-refractivity contribution in [1.29, 1.82) is 0 Å². The zero-order valence-electron chi connectivity index (χ0n) is 12.2. The van der Waals surface area contributed by atoms with E-state index in [2.05, 4.69) is 21.7 Å². The lowest BCUT2D eigenvalue weighted by Crippen LogP contribution is -2.44. The summed E-state index contributed by atoms with van der Waals surface area (Å²) in [6.45, 7) is 7.63. The monoisotopic (exact) mass is 275 g/mol. The highest BCUT2D eigenvalue weighted by molar-refractivity contribution is 5.85. The molecule has 3 nitrogen and oxygen atoms in total. The van der Waals surface area contributed by atoms with Crippen molar-refractivity contribution >= 4 is 10.9 Å². The number of rotatable bonds is 3. The summed E-state index contributed by atoms with van der Waals surface area (Å²) >= 11 is 0. The molecule has 0 aliphatic carbocycles. The number of aromatic nitrogens is 1. The van der Waals surface area contributed by atoms with E-state index >= 15 is 0 Å². The minimum Gasteiger partial charge on any atom is -0.348 e. The largest absolute Gasteiger partial charge is 0.348 e. The molecule has 1 aliphatic rings. The zero-order valence-corrected chi connectivity index (χ0v) is 12.2. The summed E-state index contributed by atoms with van der Waals surface area (Å²) in [7, 11) is 2.02. The molecular weight excluding hydrogens is 253 g/mol. The van der Waals surface area contributed by atoms with E-state index in [9.17, 15) is 4.39 Å². The number of nitrogens with zero attached hydrogens (tertiary/aromatic N) is 2. The first-order chi connectivity index (χ1) is 9.66. The van der Waals surface area contributed by atoms with Crippen LogP contribution in [0.4, 0.5) is 4.39 Å². The zero-order chi connectivity index (χ0) is 14.1. The van der Waals surface area contributed by atoms with Gasteiger partial charge in [-0.1, -0.05) is 0 Å². The standard InChI is InChI=1S/C16H22FN3/c1-12-14(5-8-20-9-6-18-7-10-20)15-4-3-13(17)11-16(15)19(12)2/h3-4,11,18H,5-10H2,1-2H3. The highest BCUT2D eigenvalue weighted by Gasteiger charge is 2.15. The molecule has 1 aromatic heterocycles. The fourth-order valence-corrected chi connectivity index (χ4v) is 3.14. The van der Waals surface area contributed by atoms with E-state index in [-0.39, 0.29) is 5.82 Å². The molecule has 1 aliphatic heterocycles. The van der Waals surface area contributed by atoms with Crippen LogP contribution in [0, 0.1) is 12.7 Å². The Hall–Kier alpha value is -1.39. The molecule has 108 valence electrons. The lowest BCUT2D eigenvalue weighted by atomic mass is 10.1. The van der Waals surface area contributed by atoms with Crippen molar-refractivity contribution in [3.05, 3.63) is 35.3 Å². The van der Waals surface area contributed by atoms with Gasteiger partial charge >= 0.3 is 0 Å². The molecule has 0 amide bonds. The number of halogens is 1. The van der Waals surface area contributed by atoms with Crippen LogP contribution < -0.4 is 5.32 Å². The minimum atomic E-state index is -0.160. The Labute approximate surface area is 119 Å². The van der Waals surface area contributed by atoms with Gasteiger partial charge in [-0.15, -0.1) is 0 Å². The van der Waals surface area contributed by atoms with Crippen LogP contribution in [0.3, 0.4) is 0 Å². The maximum Gasteiger partial charge on any atom is 0.125 e. The molecule has 1 fully saturated rings. The number of fused-ring (bicyclic) bond motifs is 1. The maximum absolute atomic E-state index is 13.4. The first kappa shape index (κ1) is 13.6. The van der Waals surface area contributed by atoms with Crippen molar-refractivity contribution in [3.8, 4) is 0 Å². The first-order valence-electron chi connectivity index (χ1n) is 7.33. The predicted octanol–water partition coefficient (Wildman–Crippen LogP) is 2.07. The SMILES string of the molecule is Cc1c(CCN2CCNCC2)c2ccc(F)cc2n1C. The van der Waals surface area contributed by atoms with Crippen LogP contribution in [0.1, 0.15) is 11.3 Å². The van der Waals surface area contributed by atoms with Gasteiger partial charge in [0.05, 0.1) is 5.52 Å². The van der Waals surface area contributed by atoms with Gasteiger partial charge in [0.1, 0.15) is 5.82 Å². The topological polar surface area (TPSA) is 20.2 Å². The Balaban J connectivity index is 1.85. The van der Waals surface area contributed by atoms with E-state index in [1.807, 2.05) is 13.1 Å². The fourth-order valence-electron chi connectivity index (χ4n) is 3.14. The molecule has 3 rings (SSSR count). The molecule has 4 heteroatoms. The number of piperazine rings is 1. The highest BCUT2D eigenvalue weighted by Crippen LogP contribution is 2.26. The van der Waals surface area contributed by atoms with Crippen molar-refractivity contribution in [2.24, 2.45) is 7.05 Å². The smallest absolute Gasteiger partial charge is 0.125 e. The molecule has 2 aromatic rings. The van der Waals surface area contributed by atoms with E-state index in [0.717, 1.165) is 44.7 Å². The fraction of sp³-hybridized carbons (Fsp3) is 0.500. The van der Waals surface area contributed by atoms with Crippen LogP contribution in [0.15, 0.2) is 18.2 Å². The van der Waals surface area contributed by atoms with Gasteiger partial charge < -0.3 is 14.8 Å². The van der Waals surface area contributed by atoms with E-state index < -0.39 is 0 Å². The normalized spacial score (nSPS) is 16.9. The Kier molecular flexibility index (Phi) is 3.76. The molecule has 20 heavy (non-hydrogen) atoms. The summed E-state index contributed by atoms with van der Waals surface area (Å²) in [5.74, 6) is -0.160. The van der Waals surface area contributed by atoms with Crippen LogP contribution in [0.25, 0.3) is 10.9 Å². The number of hydrogen-bond acceptors (Lipinski definition) is 2. The van der Waals surface area contributed by atoms with Gasteiger partial charge in [-0.2, -0.15) is 0 Å². The molecule has 0 spiro atoms. The van der Waals surface area contributed by atoms with Crippen LogP contribution in [-0.4, -0.2) is 42.2 Å². The van der Waals surface area contributed by atoms with E-state index in [1.165, 1.54) is 16.6 Å². The van der Waals surface area contributed by atoms with Crippen LogP contribution >= 0.6 is 0 Å². The Morgan fingerprint density at radius 1 is 1.25 bits per heavy atom. The number of hydrogen-bond donors (Lipinski definition) is 1. The molecular formula is C16H22FN3. The average Bonchev–Trinajstić information content (AvgIpc) is 2.70. The summed E-state index contributed by atoms with van der Waals surface area (Å²) in [4.78, 5) is 2.50. The minimum absolute atomic E-state index is 0.160. The molecule has 1 saturated heterocycles. The van der Waals surface area contributed by atoms with Crippen LogP contribution in [0.5, 0.6) is 0 Å². The van der Waals surface area contributed by atoms with Gasteiger partial charge in [0, 0.05) is 50.9 Å². The third-order valence-electron chi connectivity index (χ3n) is 4.47. The highest BCUT2D eigenvalue weighted by atomic mass is 19.1.